The normalized spacial score (nSPS) is 12.8. The molecule has 0 saturated carbocycles. The zero-order valence-corrected chi connectivity index (χ0v) is 23.4. The van der Waals surface area contributed by atoms with E-state index in [-0.39, 0.29) is 59.4 Å². The van der Waals surface area contributed by atoms with Crippen molar-refractivity contribution in [2.24, 2.45) is 11.5 Å². The number of carbonyl (C=O) groups is 4. The van der Waals surface area contributed by atoms with Crippen molar-refractivity contribution in [1.29, 1.82) is 0 Å². The second-order valence-electron chi connectivity index (χ2n) is 7.99. The highest BCUT2D eigenvalue weighted by molar-refractivity contribution is 5.93. The van der Waals surface area contributed by atoms with E-state index in [9.17, 15) is 32.3 Å². The highest BCUT2D eigenvalue weighted by Crippen LogP contribution is 2.30. The second kappa shape index (κ2) is 17.6. The van der Waals surface area contributed by atoms with Crippen LogP contribution in [-0.2, 0) is 25.6 Å². The molecule has 1 rings (SSSR count). The summed E-state index contributed by atoms with van der Waals surface area (Å²) in [5, 5.41) is 15.5. The molecule has 0 heterocycles. The van der Waals surface area contributed by atoms with E-state index in [1.54, 1.807) is 0 Å². The molecule has 0 aliphatic heterocycles. The van der Waals surface area contributed by atoms with Gasteiger partial charge in [0.1, 0.15) is 6.04 Å². The molecule has 0 aromatic heterocycles. The van der Waals surface area contributed by atoms with Crippen molar-refractivity contribution in [3.8, 4) is 0 Å². The van der Waals surface area contributed by atoms with Crippen LogP contribution in [0.15, 0.2) is 30.3 Å². The molecule has 216 valence electrons. The molecule has 0 aliphatic rings. The molecule has 0 bridgehead atoms. The average Bonchev–Trinajstić information content (AvgIpc) is 2.79. The standard InChI is InChI=1S/C21H30F3N7O5.2BrH/c22-21(23,24)20(27,8-4-9-29-19(25)26)18(36)30-12-15(32)31-14(11-16(33)34)17(35)28-10-7-13-5-2-1-3-6-13;;/h1-3,5-6,14H,4,7-12,27H2,(H,28,35)(H,30,36)(H,31,32)(H,33,34)(H4,25,26,29);2*1H/t14-,20+;;/m0../s1. The van der Waals surface area contributed by atoms with E-state index in [2.05, 4.69) is 21.4 Å². The molecule has 0 spiro atoms. The van der Waals surface area contributed by atoms with Crippen molar-refractivity contribution in [3.63, 3.8) is 0 Å². The molecule has 12 nitrogen and oxygen atoms in total. The first kappa shape index (κ1) is 37.2. The molecule has 0 aliphatic carbocycles. The Bertz CT molecular complexity index is 951. The van der Waals surface area contributed by atoms with Gasteiger partial charge in [-0.2, -0.15) is 13.2 Å². The maximum absolute atomic E-state index is 13.5. The smallest absolute Gasteiger partial charge is 0.453 e. The molecule has 2 atom stereocenters. The fourth-order valence-corrected chi connectivity index (χ4v) is 3.06. The van der Waals surface area contributed by atoms with Gasteiger partial charge >= 0.3 is 18.1 Å². The minimum atomic E-state index is -5.03. The molecule has 38 heavy (non-hydrogen) atoms. The number of aliphatic carboxylic acids is 1. The van der Waals surface area contributed by atoms with Gasteiger partial charge in [-0.25, -0.2) is 0 Å². The van der Waals surface area contributed by atoms with Crippen LogP contribution in [-0.4, -0.2) is 72.1 Å². The van der Waals surface area contributed by atoms with Crippen LogP contribution in [0.3, 0.4) is 0 Å². The number of halogens is 5. The van der Waals surface area contributed by atoms with Gasteiger partial charge < -0.3 is 60.8 Å². The molecular weight excluding hydrogens is 647 g/mol. The molecule has 1 aromatic rings. The van der Waals surface area contributed by atoms with Crippen LogP contribution in [0.2, 0.25) is 0 Å². The zero-order valence-electron chi connectivity index (χ0n) is 20.2. The number of hydrogen-bond acceptors (Lipinski definition) is 4. The van der Waals surface area contributed by atoms with Crippen LogP contribution in [0, 0.1) is 0 Å². The number of carboxylic acids is 1. The first-order valence-corrected chi connectivity index (χ1v) is 10.9. The molecule has 0 fully saturated rings. The Morgan fingerprint density at radius 1 is 1.05 bits per heavy atom. The lowest BCUT2D eigenvalue weighted by atomic mass is 9.92. The summed E-state index contributed by atoms with van der Waals surface area (Å²) in [6.07, 6.45) is -6.24. The Kier molecular flexibility index (Phi) is 17.2. The van der Waals surface area contributed by atoms with Crippen molar-refractivity contribution < 1.29 is 82.1 Å². The summed E-state index contributed by atoms with van der Waals surface area (Å²) in [6.45, 7) is -0.815. The Morgan fingerprint density at radius 3 is 2.18 bits per heavy atom. The zero-order chi connectivity index (χ0) is 27.4. The van der Waals surface area contributed by atoms with Crippen molar-refractivity contribution in [2.45, 2.75) is 43.4 Å². The number of quaternary nitrogens is 1. The lowest BCUT2D eigenvalue weighted by Gasteiger charge is -2.26. The van der Waals surface area contributed by atoms with Gasteiger partial charge in [0.2, 0.25) is 11.8 Å². The number of guanidine groups is 1. The van der Waals surface area contributed by atoms with Crippen molar-refractivity contribution in [3.05, 3.63) is 35.9 Å². The number of hydrogen-bond donors (Lipinski definition) is 8. The van der Waals surface area contributed by atoms with Gasteiger partial charge in [-0.3, -0.25) is 35.6 Å². The van der Waals surface area contributed by atoms with E-state index in [0.29, 0.717) is 6.42 Å². The monoisotopic (exact) mass is 677 g/mol. The van der Waals surface area contributed by atoms with Gasteiger partial charge in [0.25, 0.3) is 11.4 Å². The summed E-state index contributed by atoms with van der Waals surface area (Å²) in [5.41, 5.74) is 11.2. The first-order chi connectivity index (χ1) is 16.8. The van der Waals surface area contributed by atoms with E-state index >= 15 is 0 Å². The summed E-state index contributed by atoms with van der Waals surface area (Å²) in [6, 6.07) is 7.60. The van der Waals surface area contributed by atoms with Gasteiger partial charge in [0, 0.05) is 13.0 Å². The average molecular weight is 679 g/mol. The van der Waals surface area contributed by atoms with E-state index in [0.717, 1.165) is 5.56 Å². The number of carbonyl (C=O) groups excluding carboxylic acids is 3. The Labute approximate surface area is 237 Å². The summed E-state index contributed by atoms with van der Waals surface area (Å²) in [4.78, 5) is 50.4. The highest BCUT2D eigenvalue weighted by Gasteiger charge is 2.61. The minimum Gasteiger partial charge on any atom is -1.00 e. The Hall–Kier alpha value is -2.92. The predicted octanol–water partition coefficient (Wildman–Crippen LogP) is -9.89. The third-order valence-corrected chi connectivity index (χ3v) is 5.08. The number of carboxylic acid groups (broad SMARTS) is 1. The number of alkyl halides is 3. The lowest BCUT2D eigenvalue weighted by Crippen LogP contribution is -3.00. The van der Waals surface area contributed by atoms with Gasteiger partial charge in [0.15, 0.2) is 0 Å². The SMILES string of the molecule is NC(N)=[NH+]CCC[C@@]([NH3+])(C(=O)NCC(=O)N[C@@H](CC(=O)O)C(=O)NCCc1ccccc1)C(F)(F)F.[Br-].[Br-]. The summed E-state index contributed by atoms with van der Waals surface area (Å²) < 4.78 is 40.6. The van der Waals surface area contributed by atoms with E-state index < -0.39 is 60.8 Å². The summed E-state index contributed by atoms with van der Waals surface area (Å²) >= 11 is 0. The highest BCUT2D eigenvalue weighted by atomic mass is 79.9. The maximum Gasteiger partial charge on any atom is 0.453 e. The molecule has 0 saturated heterocycles. The summed E-state index contributed by atoms with van der Waals surface area (Å²) in [7, 11) is 0. The van der Waals surface area contributed by atoms with Crippen LogP contribution < -0.4 is 72.1 Å². The van der Waals surface area contributed by atoms with Gasteiger partial charge in [-0.05, 0) is 18.4 Å². The van der Waals surface area contributed by atoms with Crippen molar-refractivity contribution in [2.75, 3.05) is 19.6 Å². The molecule has 17 heteroatoms. The van der Waals surface area contributed by atoms with Crippen LogP contribution in [0.1, 0.15) is 24.8 Å². The molecule has 12 N–H and O–H groups in total. The molecule has 0 radical (unpaired) electrons. The van der Waals surface area contributed by atoms with Gasteiger partial charge in [-0.15, -0.1) is 0 Å². The predicted molar refractivity (Wildman–Crippen MR) is 120 cm³/mol. The molecule has 1 aromatic carbocycles. The van der Waals surface area contributed by atoms with Crippen molar-refractivity contribution >= 4 is 29.7 Å². The lowest BCUT2D eigenvalue weighted by molar-refractivity contribution is -0.523. The second-order valence-corrected chi connectivity index (χ2v) is 7.99. The fourth-order valence-electron chi connectivity index (χ4n) is 3.06. The number of nitrogens with one attached hydrogen (secondary N) is 4. The van der Waals surface area contributed by atoms with E-state index in [4.69, 9.17) is 16.6 Å². The largest absolute Gasteiger partial charge is 1.00 e. The number of amides is 3. The first-order valence-electron chi connectivity index (χ1n) is 10.9. The quantitative estimate of drug-likeness (QED) is 0.0539. The molecular formula is C21H32Br2F3N7O5. The Balaban J connectivity index is 0. The third kappa shape index (κ3) is 13.0. The van der Waals surface area contributed by atoms with Gasteiger partial charge in [0.05, 0.1) is 19.5 Å². The maximum atomic E-state index is 13.5. The number of rotatable bonds is 14. The molecule has 3 amide bonds. The fraction of sp³-hybridized carbons (Fsp3) is 0.476. The number of nitrogens with two attached hydrogens (primary N) is 2. The Morgan fingerprint density at radius 2 is 1.66 bits per heavy atom. The molecule has 0 unspecified atom stereocenters. The topological polar surface area (TPSA) is 218 Å². The number of benzene rings is 1. The van der Waals surface area contributed by atoms with Crippen LogP contribution in [0.25, 0.3) is 0 Å². The van der Waals surface area contributed by atoms with Crippen LogP contribution in [0.5, 0.6) is 0 Å². The third-order valence-electron chi connectivity index (χ3n) is 5.08. The van der Waals surface area contributed by atoms with Gasteiger partial charge in [-0.1, -0.05) is 30.3 Å². The summed E-state index contributed by atoms with van der Waals surface area (Å²) in [5.74, 6) is -4.99. The van der Waals surface area contributed by atoms with Crippen LogP contribution in [0.4, 0.5) is 13.2 Å². The van der Waals surface area contributed by atoms with E-state index in [1.807, 2.05) is 35.6 Å². The minimum absolute atomic E-state index is 0. The van der Waals surface area contributed by atoms with Crippen LogP contribution >= 0.6 is 0 Å². The van der Waals surface area contributed by atoms with Crippen molar-refractivity contribution in [1.82, 2.24) is 16.0 Å². The van der Waals surface area contributed by atoms with E-state index in [1.165, 1.54) is 0 Å².